The van der Waals surface area contributed by atoms with Gasteiger partial charge >= 0.3 is 0 Å². The van der Waals surface area contributed by atoms with Gasteiger partial charge in [0.1, 0.15) is 0 Å². The standard InChI is InChI=1S/C32H34F2N8O/c1-6-10-23(24(7-2)22-13-14-35-21(3)19-22)20-32(4,5)40-29-37-30(41-15-17-43-18-16-41)39-31(38-29)42-26-12-9-8-11-25(26)36-28(42)27(33)34/h2,6,8-14,19,27H,15-18,20H2,1,3-5H3,(H,37,38,39,40)/b10-6-,24-23-. The molecule has 222 valence electrons. The van der Waals surface area contributed by atoms with E-state index in [0.717, 1.165) is 22.4 Å². The molecule has 4 heterocycles. The van der Waals surface area contributed by atoms with Crippen molar-refractivity contribution in [1.82, 2.24) is 29.5 Å². The quantitative estimate of drug-likeness (QED) is 0.191. The number of nitrogens with one attached hydrogen (secondary N) is 1. The van der Waals surface area contributed by atoms with Gasteiger partial charge in [-0.2, -0.15) is 15.0 Å². The number of aryl methyl sites for hydroxylation is 1. The van der Waals surface area contributed by atoms with Crippen molar-refractivity contribution >= 4 is 28.5 Å². The summed E-state index contributed by atoms with van der Waals surface area (Å²) < 4.78 is 35.3. The smallest absolute Gasteiger partial charge is 0.296 e. The van der Waals surface area contributed by atoms with Gasteiger partial charge in [-0.3, -0.25) is 9.55 Å². The van der Waals surface area contributed by atoms with Crippen LogP contribution in [0.25, 0.3) is 22.6 Å². The Hall–Kier alpha value is -4.69. The minimum atomic E-state index is -2.84. The molecule has 1 aliphatic heterocycles. The van der Waals surface area contributed by atoms with E-state index in [9.17, 15) is 8.78 Å². The molecule has 3 aromatic heterocycles. The number of hydrogen-bond donors (Lipinski definition) is 1. The molecular weight excluding hydrogens is 550 g/mol. The van der Waals surface area contributed by atoms with Crippen LogP contribution in [0.1, 0.15) is 50.7 Å². The van der Waals surface area contributed by atoms with Crippen molar-refractivity contribution in [2.75, 3.05) is 36.5 Å². The van der Waals surface area contributed by atoms with E-state index in [1.165, 1.54) is 4.57 Å². The third-order valence-electron chi connectivity index (χ3n) is 6.99. The first-order valence-electron chi connectivity index (χ1n) is 14.1. The van der Waals surface area contributed by atoms with E-state index >= 15 is 0 Å². The second-order valence-electron chi connectivity index (χ2n) is 10.9. The van der Waals surface area contributed by atoms with Crippen molar-refractivity contribution in [2.45, 2.75) is 46.1 Å². The van der Waals surface area contributed by atoms with Gasteiger partial charge in [-0.25, -0.2) is 13.8 Å². The Morgan fingerprint density at radius 2 is 1.86 bits per heavy atom. The molecule has 0 spiro atoms. The summed E-state index contributed by atoms with van der Waals surface area (Å²) in [7, 11) is 0. The number of nitrogens with zero attached hydrogens (tertiary/aromatic N) is 7. The number of allylic oxidation sites excluding steroid dienone is 3. The Labute approximate surface area is 249 Å². The molecule has 0 atom stereocenters. The molecule has 43 heavy (non-hydrogen) atoms. The normalized spacial score (nSPS) is 14.8. The molecule has 1 fully saturated rings. The van der Waals surface area contributed by atoms with Gasteiger partial charge in [0.25, 0.3) is 6.43 Å². The maximum atomic E-state index is 14.2. The molecule has 0 amide bonds. The zero-order valence-electron chi connectivity index (χ0n) is 24.7. The predicted octanol–water partition coefficient (Wildman–Crippen LogP) is 5.93. The lowest BCUT2D eigenvalue weighted by Crippen LogP contribution is -2.38. The molecule has 1 N–H and O–H groups in total. The number of alkyl halides is 2. The van der Waals surface area contributed by atoms with Crippen molar-refractivity contribution in [3.8, 4) is 18.3 Å². The van der Waals surface area contributed by atoms with Crippen molar-refractivity contribution in [3.63, 3.8) is 0 Å². The maximum Gasteiger partial charge on any atom is 0.296 e. The van der Waals surface area contributed by atoms with E-state index in [1.54, 1.807) is 30.5 Å². The monoisotopic (exact) mass is 584 g/mol. The summed E-state index contributed by atoms with van der Waals surface area (Å²) in [4.78, 5) is 24.5. The lowest BCUT2D eigenvalue weighted by molar-refractivity contribution is 0.122. The first-order chi connectivity index (χ1) is 20.7. The van der Waals surface area contributed by atoms with E-state index in [4.69, 9.17) is 16.1 Å². The molecule has 5 rings (SSSR count). The molecule has 1 saturated heterocycles. The number of halogens is 2. The first-order valence-corrected chi connectivity index (χ1v) is 14.1. The zero-order chi connectivity index (χ0) is 30.6. The summed E-state index contributed by atoms with van der Waals surface area (Å²) in [6, 6.07) is 10.8. The van der Waals surface area contributed by atoms with Gasteiger partial charge in [0.15, 0.2) is 5.82 Å². The van der Waals surface area contributed by atoms with E-state index in [1.807, 2.05) is 56.9 Å². The molecule has 9 nitrogen and oxygen atoms in total. The molecule has 4 aromatic rings. The lowest BCUT2D eigenvalue weighted by atomic mass is 9.89. The van der Waals surface area contributed by atoms with Crippen LogP contribution in [0, 0.1) is 19.3 Å². The highest BCUT2D eigenvalue weighted by molar-refractivity contribution is 5.82. The van der Waals surface area contributed by atoms with Crippen LogP contribution in [0.4, 0.5) is 20.7 Å². The van der Waals surface area contributed by atoms with Gasteiger partial charge in [-0.15, -0.1) is 6.42 Å². The number of hydrogen-bond acceptors (Lipinski definition) is 8. The molecule has 0 bridgehead atoms. The lowest BCUT2D eigenvalue weighted by Gasteiger charge is -2.30. The van der Waals surface area contributed by atoms with Crippen molar-refractivity contribution in [3.05, 3.63) is 77.4 Å². The molecule has 0 radical (unpaired) electrons. The van der Waals surface area contributed by atoms with Crippen LogP contribution >= 0.6 is 0 Å². The van der Waals surface area contributed by atoms with Crippen LogP contribution in [0.2, 0.25) is 0 Å². The van der Waals surface area contributed by atoms with E-state index in [2.05, 4.69) is 31.2 Å². The van der Waals surface area contributed by atoms with E-state index < -0.39 is 17.8 Å². The topological polar surface area (TPSA) is 93.9 Å². The minimum Gasteiger partial charge on any atom is -0.378 e. The number of ether oxygens (including phenoxy) is 1. The summed E-state index contributed by atoms with van der Waals surface area (Å²) in [5, 5.41) is 3.44. The van der Waals surface area contributed by atoms with Gasteiger partial charge in [-0.05, 0) is 69.5 Å². The summed E-state index contributed by atoms with van der Waals surface area (Å²) in [5.41, 5.74) is 3.77. The second kappa shape index (κ2) is 12.7. The molecule has 1 aliphatic rings. The van der Waals surface area contributed by atoms with Crippen LogP contribution in [0.15, 0.2) is 60.3 Å². The number of terminal acetylenes is 1. The fraction of sp³-hybridized carbons (Fsp3) is 0.344. The number of para-hydroxylation sites is 2. The first kappa shape index (κ1) is 29.8. The number of pyridine rings is 1. The summed E-state index contributed by atoms with van der Waals surface area (Å²) in [6.07, 6.45) is 9.39. The van der Waals surface area contributed by atoms with Crippen LogP contribution in [-0.4, -0.2) is 61.3 Å². The number of imidazole rings is 1. The van der Waals surface area contributed by atoms with E-state index in [-0.39, 0.29) is 11.9 Å². The minimum absolute atomic E-state index is 0.0552. The third-order valence-corrected chi connectivity index (χ3v) is 6.99. The van der Waals surface area contributed by atoms with Gasteiger partial charge in [0.05, 0.1) is 24.2 Å². The fourth-order valence-corrected chi connectivity index (χ4v) is 5.13. The second-order valence-corrected chi connectivity index (χ2v) is 10.9. The van der Waals surface area contributed by atoms with Gasteiger partial charge in [0.2, 0.25) is 17.8 Å². The number of benzene rings is 1. The maximum absolute atomic E-state index is 14.2. The van der Waals surface area contributed by atoms with Crippen LogP contribution in [-0.2, 0) is 4.74 Å². The van der Waals surface area contributed by atoms with Gasteiger partial charge in [-0.1, -0.05) is 30.2 Å². The van der Waals surface area contributed by atoms with Gasteiger partial charge in [0, 0.05) is 36.1 Å². The third kappa shape index (κ3) is 6.70. The number of morpholine rings is 1. The van der Waals surface area contributed by atoms with Crippen molar-refractivity contribution in [1.29, 1.82) is 0 Å². The Bertz CT molecular complexity index is 1710. The number of rotatable bonds is 9. The highest BCUT2D eigenvalue weighted by Gasteiger charge is 2.27. The number of fused-ring (bicyclic) bond motifs is 1. The summed E-state index contributed by atoms with van der Waals surface area (Å²) in [5.74, 6) is 3.10. The zero-order valence-corrected chi connectivity index (χ0v) is 24.7. The van der Waals surface area contributed by atoms with Crippen LogP contribution < -0.4 is 10.2 Å². The van der Waals surface area contributed by atoms with Gasteiger partial charge < -0.3 is 15.0 Å². The fourth-order valence-electron chi connectivity index (χ4n) is 5.13. The Kier molecular flexibility index (Phi) is 8.78. The Balaban J connectivity index is 1.58. The van der Waals surface area contributed by atoms with Crippen LogP contribution in [0.3, 0.4) is 0 Å². The molecule has 0 saturated carbocycles. The average Bonchev–Trinajstić information content (AvgIpc) is 3.38. The molecule has 0 unspecified atom stereocenters. The highest BCUT2D eigenvalue weighted by Crippen LogP contribution is 2.31. The molecule has 1 aromatic carbocycles. The predicted molar refractivity (Wildman–Crippen MR) is 164 cm³/mol. The summed E-state index contributed by atoms with van der Waals surface area (Å²) >= 11 is 0. The SMILES string of the molecule is C#C/C(=C(\C=C/C)CC(C)(C)Nc1nc(N2CCOCC2)nc(-n2c(C(F)F)nc3ccccc32)n1)c1ccnc(C)c1. The van der Waals surface area contributed by atoms with Crippen molar-refractivity contribution in [2.24, 2.45) is 0 Å². The average molecular weight is 585 g/mol. The number of aromatic nitrogens is 6. The Morgan fingerprint density at radius 1 is 1.12 bits per heavy atom. The Morgan fingerprint density at radius 3 is 2.56 bits per heavy atom. The van der Waals surface area contributed by atoms with E-state index in [0.29, 0.717) is 49.7 Å². The molecule has 0 aliphatic carbocycles. The van der Waals surface area contributed by atoms with Crippen molar-refractivity contribution < 1.29 is 13.5 Å². The molecular formula is C32H34F2N8O. The molecule has 11 heteroatoms. The largest absolute Gasteiger partial charge is 0.378 e. The summed E-state index contributed by atoms with van der Waals surface area (Å²) in [6.45, 7) is 10.0. The number of anilines is 2. The highest BCUT2D eigenvalue weighted by atomic mass is 19.3. The van der Waals surface area contributed by atoms with Crippen LogP contribution in [0.5, 0.6) is 0 Å².